The molecule has 130 valence electrons. The summed E-state index contributed by atoms with van der Waals surface area (Å²) in [5.41, 5.74) is 5.11. The second-order valence-corrected chi connectivity index (χ2v) is 7.09. The lowest BCUT2D eigenvalue weighted by atomic mass is 9.87. The van der Waals surface area contributed by atoms with E-state index in [1.54, 1.807) is 0 Å². The van der Waals surface area contributed by atoms with E-state index < -0.39 is 0 Å². The van der Waals surface area contributed by atoms with Crippen LogP contribution in [0.3, 0.4) is 0 Å². The van der Waals surface area contributed by atoms with Gasteiger partial charge in [0.25, 0.3) is 5.91 Å². The number of fused-ring (bicyclic) bond motifs is 1. The molecule has 0 aliphatic carbocycles. The highest BCUT2D eigenvalue weighted by Gasteiger charge is 2.21. The van der Waals surface area contributed by atoms with Gasteiger partial charge in [-0.25, -0.2) is 0 Å². The van der Waals surface area contributed by atoms with Gasteiger partial charge >= 0.3 is 0 Å². The van der Waals surface area contributed by atoms with Crippen LogP contribution in [-0.4, -0.2) is 22.6 Å². The highest BCUT2D eigenvalue weighted by atomic mass is 35.5. The van der Waals surface area contributed by atoms with Gasteiger partial charge in [-0.3, -0.25) is 9.89 Å². The Morgan fingerprint density at radius 1 is 1.25 bits per heavy atom. The maximum Gasteiger partial charge on any atom is 0.272 e. The summed E-state index contributed by atoms with van der Waals surface area (Å²) in [4.78, 5) is 12.4. The zero-order chi connectivity index (χ0) is 16.4. The largest absolute Gasteiger partial charge is 0.347 e. The van der Waals surface area contributed by atoms with Crippen molar-refractivity contribution in [1.82, 2.24) is 20.8 Å². The van der Waals surface area contributed by atoms with Crippen molar-refractivity contribution in [1.29, 1.82) is 0 Å². The number of halogens is 1. The fourth-order valence-electron chi connectivity index (χ4n) is 2.80. The van der Waals surface area contributed by atoms with Gasteiger partial charge in [0.2, 0.25) is 0 Å². The van der Waals surface area contributed by atoms with Crippen LogP contribution in [0, 0.1) is 0 Å². The molecule has 0 saturated heterocycles. The van der Waals surface area contributed by atoms with Crippen LogP contribution in [0.5, 0.6) is 0 Å². The Hall–Kier alpha value is -1.85. The van der Waals surface area contributed by atoms with E-state index in [1.807, 2.05) is 0 Å². The number of carbonyl (C=O) groups excluding carboxylic acids is 1. The smallest absolute Gasteiger partial charge is 0.272 e. The molecule has 3 rings (SSSR count). The maximum absolute atomic E-state index is 12.4. The van der Waals surface area contributed by atoms with E-state index in [0.717, 1.165) is 29.8 Å². The summed E-state index contributed by atoms with van der Waals surface area (Å²) >= 11 is 0. The molecule has 1 aliphatic rings. The SMILES string of the molecule is CC(C)(C)c1ccc(CNC(=O)c2n[nH]c3c2CNCC3)cc1.Cl. The molecule has 0 atom stereocenters. The molecule has 0 unspecified atom stereocenters. The normalized spacial score (nSPS) is 13.8. The van der Waals surface area contributed by atoms with Crippen LogP contribution in [0.1, 0.15) is 53.6 Å². The molecule has 0 saturated carbocycles. The summed E-state index contributed by atoms with van der Waals surface area (Å²) in [6.07, 6.45) is 0.893. The minimum atomic E-state index is -0.119. The number of benzene rings is 1. The molecule has 5 nitrogen and oxygen atoms in total. The molecule has 1 aromatic carbocycles. The lowest BCUT2D eigenvalue weighted by molar-refractivity contribution is 0.0944. The number of amides is 1. The minimum Gasteiger partial charge on any atom is -0.347 e. The molecule has 1 aliphatic heterocycles. The van der Waals surface area contributed by atoms with Crippen molar-refractivity contribution in [2.45, 2.75) is 45.7 Å². The maximum atomic E-state index is 12.4. The molecule has 0 spiro atoms. The van der Waals surface area contributed by atoms with E-state index in [-0.39, 0.29) is 23.7 Å². The van der Waals surface area contributed by atoms with Crippen molar-refractivity contribution in [3.8, 4) is 0 Å². The topological polar surface area (TPSA) is 69.8 Å². The molecule has 6 heteroatoms. The molecular formula is C18H25ClN4O. The third-order valence-electron chi connectivity index (χ3n) is 4.29. The van der Waals surface area contributed by atoms with Gasteiger partial charge in [0.15, 0.2) is 5.69 Å². The van der Waals surface area contributed by atoms with Gasteiger partial charge in [0, 0.05) is 37.3 Å². The molecule has 3 N–H and O–H groups in total. The Labute approximate surface area is 149 Å². The Morgan fingerprint density at radius 2 is 1.96 bits per heavy atom. The molecular weight excluding hydrogens is 324 g/mol. The number of rotatable bonds is 3. The van der Waals surface area contributed by atoms with Crippen LogP contribution in [0.4, 0.5) is 0 Å². The Balaban J connectivity index is 0.00000208. The third-order valence-corrected chi connectivity index (χ3v) is 4.29. The van der Waals surface area contributed by atoms with E-state index in [0.29, 0.717) is 18.8 Å². The molecule has 2 heterocycles. The van der Waals surface area contributed by atoms with Crippen LogP contribution >= 0.6 is 12.4 Å². The average molecular weight is 349 g/mol. The second kappa shape index (κ2) is 7.36. The van der Waals surface area contributed by atoms with Gasteiger partial charge in [0.1, 0.15) is 0 Å². The number of aromatic nitrogens is 2. The first kappa shape index (κ1) is 18.5. The first-order valence-electron chi connectivity index (χ1n) is 8.09. The first-order chi connectivity index (χ1) is 10.9. The number of nitrogens with one attached hydrogen (secondary N) is 3. The average Bonchev–Trinajstić information content (AvgIpc) is 2.96. The lowest BCUT2D eigenvalue weighted by Gasteiger charge is -2.19. The number of hydrogen-bond acceptors (Lipinski definition) is 3. The van der Waals surface area contributed by atoms with Crippen LogP contribution in [0.2, 0.25) is 0 Å². The highest BCUT2D eigenvalue weighted by Crippen LogP contribution is 2.22. The van der Waals surface area contributed by atoms with Gasteiger partial charge in [0.05, 0.1) is 0 Å². The monoisotopic (exact) mass is 348 g/mol. The van der Waals surface area contributed by atoms with Crippen molar-refractivity contribution in [3.63, 3.8) is 0 Å². The number of H-pyrrole nitrogens is 1. The molecule has 0 radical (unpaired) electrons. The van der Waals surface area contributed by atoms with Crippen molar-refractivity contribution in [2.75, 3.05) is 6.54 Å². The summed E-state index contributed by atoms with van der Waals surface area (Å²) in [6.45, 7) is 8.72. The van der Waals surface area contributed by atoms with Gasteiger partial charge in [-0.2, -0.15) is 5.10 Å². The van der Waals surface area contributed by atoms with Gasteiger partial charge in [-0.05, 0) is 16.5 Å². The van der Waals surface area contributed by atoms with Gasteiger partial charge in [-0.15, -0.1) is 12.4 Å². The predicted octanol–water partition coefficient (Wildman–Crippen LogP) is 2.70. The lowest BCUT2D eigenvalue weighted by Crippen LogP contribution is -2.28. The third kappa shape index (κ3) is 3.97. The fourth-order valence-corrected chi connectivity index (χ4v) is 2.80. The highest BCUT2D eigenvalue weighted by molar-refractivity contribution is 5.94. The number of carbonyl (C=O) groups is 1. The van der Waals surface area contributed by atoms with Crippen LogP contribution in [0.25, 0.3) is 0 Å². The van der Waals surface area contributed by atoms with Crippen LogP contribution < -0.4 is 10.6 Å². The van der Waals surface area contributed by atoms with E-state index in [1.165, 1.54) is 5.56 Å². The fraction of sp³-hybridized carbons (Fsp3) is 0.444. The molecule has 2 aromatic rings. The molecule has 0 bridgehead atoms. The van der Waals surface area contributed by atoms with E-state index in [4.69, 9.17) is 0 Å². The molecule has 24 heavy (non-hydrogen) atoms. The van der Waals surface area contributed by atoms with Crippen molar-refractivity contribution in [3.05, 3.63) is 52.3 Å². The summed E-state index contributed by atoms with van der Waals surface area (Å²) in [5, 5.41) is 13.4. The number of aromatic amines is 1. The van der Waals surface area contributed by atoms with Crippen molar-refractivity contribution in [2.24, 2.45) is 0 Å². The summed E-state index contributed by atoms with van der Waals surface area (Å²) in [6, 6.07) is 8.40. The second-order valence-electron chi connectivity index (χ2n) is 7.09. The Kier molecular flexibility index (Phi) is 5.67. The van der Waals surface area contributed by atoms with E-state index in [9.17, 15) is 4.79 Å². The zero-order valence-corrected chi connectivity index (χ0v) is 15.2. The molecule has 1 aromatic heterocycles. The quantitative estimate of drug-likeness (QED) is 0.798. The zero-order valence-electron chi connectivity index (χ0n) is 14.4. The Bertz CT molecular complexity index is 701. The summed E-state index contributed by atoms with van der Waals surface area (Å²) in [5.74, 6) is -0.119. The number of hydrogen-bond donors (Lipinski definition) is 3. The standard InChI is InChI=1S/C18H24N4O.ClH/c1-18(2,3)13-6-4-12(5-7-13)10-20-17(23)16-14-11-19-9-8-15(14)21-22-16;/h4-7,19H,8-11H2,1-3H3,(H,20,23)(H,21,22);1H. The summed E-state index contributed by atoms with van der Waals surface area (Å²) < 4.78 is 0. The summed E-state index contributed by atoms with van der Waals surface area (Å²) in [7, 11) is 0. The minimum absolute atomic E-state index is 0. The van der Waals surface area contributed by atoms with Crippen LogP contribution in [0.15, 0.2) is 24.3 Å². The van der Waals surface area contributed by atoms with Gasteiger partial charge in [-0.1, -0.05) is 45.0 Å². The predicted molar refractivity (Wildman–Crippen MR) is 97.6 cm³/mol. The van der Waals surface area contributed by atoms with E-state index >= 15 is 0 Å². The molecule has 1 amide bonds. The molecule has 0 fully saturated rings. The van der Waals surface area contributed by atoms with Gasteiger partial charge < -0.3 is 10.6 Å². The van der Waals surface area contributed by atoms with E-state index in [2.05, 4.69) is 65.9 Å². The first-order valence-corrected chi connectivity index (χ1v) is 8.09. The number of nitrogens with zero attached hydrogens (tertiary/aromatic N) is 1. The van der Waals surface area contributed by atoms with Crippen molar-refractivity contribution >= 4 is 18.3 Å². The van der Waals surface area contributed by atoms with Crippen molar-refractivity contribution < 1.29 is 4.79 Å². The van der Waals surface area contributed by atoms with Crippen LogP contribution in [-0.2, 0) is 24.9 Å². The Morgan fingerprint density at radius 3 is 2.62 bits per heavy atom.